The van der Waals surface area contributed by atoms with Gasteiger partial charge in [-0.15, -0.1) is 0 Å². The lowest BCUT2D eigenvalue weighted by Crippen LogP contribution is -2.37. The van der Waals surface area contributed by atoms with E-state index in [0.29, 0.717) is 11.3 Å². The second kappa shape index (κ2) is 16.2. The predicted molar refractivity (Wildman–Crippen MR) is 311 cm³/mol. The van der Waals surface area contributed by atoms with E-state index in [0.717, 1.165) is 34.1 Å². The molecule has 1 unspecified atom stereocenters. The SMILES string of the molecule is [C-]#[N+]c1ccc(N(c2ccc([Si](C)(C)C)cc2)c2ccc3c(c2)C2(c4cc(N(c5ccc(C#N)cc5)c5ccc([Si](C)(C)C)cc5)ccc4-3)c3ccccc3-c3c2cc2c4c(cccc34)-c3ccccc3-2)cc1. The minimum atomic E-state index is -1.59. The van der Waals surface area contributed by atoms with Gasteiger partial charge < -0.3 is 9.80 Å². The van der Waals surface area contributed by atoms with Gasteiger partial charge in [0.2, 0.25) is 0 Å². The van der Waals surface area contributed by atoms with Gasteiger partial charge in [0.25, 0.3) is 0 Å². The predicted octanol–water partition coefficient (Wildman–Crippen LogP) is 17.3. The van der Waals surface area contributed by atoms with Crippen LogP contribution in [0.15, 0.2) is 206 Å². The minimum absolute atomic E-state index is 0.614. The van der Waals surface area contributed by atoms with Crippen LogP contribution in [0.5, 0.6) is 0 Å². The van der Waals surface area contributed by atoms with Gasteiger partial charge in [0.05, 0.1) is 39.8 Å². The van der Waals surface area contributed by atoms with Gasteiger partial charge in [-0.3, -0.25) is 0 Å². The molecule has 0 heterocycles. The number of nitrogens with zero attached hydrogens (tertiary/aromatic N) is 4. The molecular formula is C67H52N4Si2. The third-order valence-corrected chi connectivity index (χ3v) is 19.9. The molecule has 4 nitrogen and oxygen atoms in total. The molecule has 6 heteroatoms. The standard InChI is InChI=1S/C67H52N4Si2/c1-69-44-21-25-46(26-22-44)71(48-29-35-52(36-30-48)73(5,6)7)50-32-38-56-55-37-31-49(70(45-23-19-43(42-68)20-24-45)47-27-33-51(34-28-47)72(2,3)4)39-62(55)67(63(56)40-50)61-18-11-10-15-58(61)66-59-17-12-16-57-53-13-8-9-14-54(53)60(65(57)59)41-64(66)67/h8-41H,2-7H3. The van der Waals surface area contributed by atoms with Crippen molar-refractivity contribution in [1.29, 1.82) is 5.26 Å². The zero-order valence-electron chi connectivity index (χ0n) is 41.9. The van der Waals surface area contributed by atoms with Crippen LogP contribution >= 0.6 is 0 Å². The monoisotopic (exact) mass is 968 g/mol. The molecule has 10 aromatic carbocycles. The second-order valence-electron chi connectivity index (χ2n) is 21.9. The zero-order valence-corrected chi connectivity index (χ0v) is 43.9. The van der Waals surface area contributed by atoms with Crippen LogP contribution in [0.25, 0.3) is 60.1 Å². The lowest BCUT2D eigenvalue weighted by molar-refractivity contribution is 0.794. The summed E-state index contributed by atoms with van der Waals surface area (Å²) in [4.78, 5) is 8.50. The van der Waals surface area contributed by atoms with E-state index in [1.807, 2.05) is 24.3 Å². The van der Waals surface area contributed by atoms with Crippen molar-refractivity contribution in [1.82, 2.24) is 0 Å². The van der Waals surface area contributed by atoms with Crippen molar-refractivity contribution in [2.75, 3.05) is 9.80 Å². The Morgan fingerprint density at radius 1 is 0.411 bits per heavy atom. The molecule has 0 saturated carbocycles. The Labute approximate surface area is 430 Å². The van der Waals surface area contributed by atoms with E-state index in [1.165, 1.54) is 87.9 Å². The quantitative estimate of drug-likeness (QED) is 0.112. The van der Waals surface area contributed by atoms with Crippen LogP contribution in [0.1, 0.15) is 27.8 Å². The summed E-state index contributed by atoms with van der Waals surface area (Å²) in [5.41, 5.74) is 21.9. The first-order valence-electron chi connectivity index (χ1n) is 25.3. The fourth-order valence-corrected chi connectivity index (χ4v) is 14.6. The molecule has 0 fully saturated rings. The van der Waals surface area contributed by atoms with Crippen LogP contribution in [0.2, 0.25) is 39.3 Å². The summed E-state index contributed by atoms with van der Waals surface area (Å²) < 4.78 is 0. The highest BCUT2D eigenvalue weighted by molar-refractivity contribution is 6.89. The second-order valence-corrected chi connectivity index (χ2v) is 32.1. The molecule has 73 heavy (non-hydrogen) atoms. The molecule has 0 radical (unpaired) electrons. The Kier molecular flexibility index (Phi) is 9.89. The lowest BCUT2D eigenvalue weighted by Gasteiger charge is -2.33. The number of hydrogen-bond donors (Lipinski definition) is 0. The van der Waals surface area contributed by atoms with Crippen molar-refractivity contribution >= 4 is 77.1 Å². The van der Waals surface area contributed by atoms with E-state index < -0.39 is 21.6 Å². The third-order valence-electron chi connectivity index (χ3n) is 15.8. The Bertz CT molecular complexity index is 3830. The van der Waals surface area contributed by atoms with Crippen LogP contribution < -0.4 is 20.2 Å². The molecule has 3 aliphatic carbocycles. The van der Waals surface area contributed by atoms with Gasteiger partial charge in [-0.05, 0) is 169 Å². The Balaban J connectivity index is 1.11. The molecule has 0 bridgehead atoms. The molecule has 0 N–H and O–H groups in total. The first-order valence-corrected chi connectivity index (χ1v) is 32.3. The van der Waals surface area contributed by atoms with Crippen LogP contribution in [0.3, 0.4) is 0 Å². The summed E-state index contributed by atoms with van der Waals surface area (Å²) in [7, 11) is -3.17. The molecule has 0 aromatic heterocycles. The van der Waals surface area contributed by atoms with Gasteiger partial charge in [-0.1, -0.05) is 165 Å². The topological polar surface area (TPSA) is 34.6 Å². The highest BCUT2D eigenvalue weighted by atomic mass is 28.3. The number of fused-ring (bicyclic) bond motifs is 14. The maximum Gasteiger partial charge on any atom is 0.187 e. The number of anilines is 6. The van der Waals surface area contributed by atoms with E-state index in [4.69, 9.17) is 6.57 Å². The van der Waals surface area contributed by atoms with Crippen molar-refractivity contribution in [2.45, 2.75) is 44.7 Å². The number of benzene rings is 10. The number of rotatable bonds is 8. The molecule has 0 amide bonds. The fourth-order valence-electron chi connectivity index (χ4n) is 12.3. The van der Waals surface area contributed by atoms with Gasteiger partial charge >= 0.3 is 0 Å². The largest absolute Gasteiger partial charge is 0.311 e. The van der Waals surface area contributed by atoms with Gasteiger partial charge in [-0.25, -0.2) is 4.85 Å². The van der Waals surface area contributed by atoms with E-state index in [2.05, 4.69) is 242 Å². The molecular weight excluding hydrogens is 917 g/mol. The zero-order chi connectivity index (χ0) is 50.0. The van der Waals surface area contributed by atoms with Gasteiger partial charge in [-0.2, -0.15) is 5.26 Å². The highest BCUT2D eigenvalue weighted by Gasteiger charge is 2.53. The summed E-state index contributed by atoms with van der Waals surface area (Å²) >= 11 is 0. The normalized spacial score (nSPS) is 14.5. The number of hydrogen-bond acceptors (Lipinski definition) is 3. The Morgan fingerprint density at radius 2 is 0.863 bits per heavy atom. The first kappa shape index (κ1) is 44.4. The maximum atomic E-state index is 9.91. The molecule has 0 saturated heterocycles. The first-order chi connectivity index (χ1) is 35.4. The smallest absolute Gasteiger partial charge is 0.187 e. The molecule has 0 aliphatic heterocycles. The molecule has 13 rings (SSSR count). The summed E-state index contributed by atoms with van der Waals surface area (Å²) in [6.07, 6.45) is 0. The molecule has 1 atom stereocenters. The van der Waals surface area contributed by atoms with Gasteiger partial charge in [0, 0.05) is 34.1 Å². The lowest BCUT2D eigenvalue weighted by atomic mass is 9.70. The average molecular weight is 969 g/mol. The highest BCUT2D eigenvalue weighted by Crippen LogP contribution is 2.66. The summed E-state index contributed by atoms with van der Waals surface area (Å²) in [5.74, 6) is 0. The third kappa shape index (κ3) is 6.68. The Morgan fingerprint density at radius 3 is 1.37 bits per heavy atom. The van der Waals surface area contributed by atoms with Crippen LogP contribution in [0, 0.1) is 17.9 Å². The number of nitriles is 1. The molecule has 10 aromatic rings. The fraction of sp³-hybridized carbons (Fsp3) is 0.104. The molecule has 3 aliphatic rings. The van der Waals surface area contributed by atoms with Crippen LogP contribution in [-0.2, 0) is 5.41 Å². The average Bonchev–Trinajstić information content (AvgIpc) is 4.04. The summed E-state index contributed by atoms with van der Waals surface area (Å²) in [6, 6.07) is 78.5. The van der Waals surface area contributed by atoms with Crippen molar-refractivity contribution in [2.24, 2.45) is 0 Å². The van der Waals surface area contributed by atoms with E-state index >= 15 is 0 Å². The van der Waals surface area contributed by atoms with Crippen LogP contribution in [-0.4, -0.2) is 16.1 Å². The molecule has 1 spiro atoms. The van der Waals surface area contributed by atoms with Crippen molar-refractivity contribution in [3.05, 3.63) is 245 Å². The molecule has 348 valence electrons. The summed E-state index contributed by atoms with van der Waals surface area (Å²) in [6.45, 7) is 22.2. The minimum Gasteiger partial charge on any atom is -0.311 e. The van der Waals surface area contributed by atoms with E-state index in [1.54, 1.807) is 0 Å². The van der Waals surface area contributed by atoms with E-state index in [-0.39, 0.29) is 0 Å². The Hall–Kier alpha value is -8.53. The van der Waals surface area contributed by atoms with Crippen LogP contribution in [0.4, 0.5) is 39.8 Å². The van der Waals surface area contributed by atoms with E-state index in [9.17, 15) is 5.26 Å². The van der Waals surface area contributed by atoms with Crippen molar-refractivity contribution in [3.8, 4) is 50.6 Å². The van der Waals surface area contributed by atoms with Crippen molar-refractivity contribution in [3.63, 3.8) is 0 Å². The summed E-state index contributed by atoms with van der Waals surface area (Å²) in [5, 5.41) is 15.3. The van der Waals surface area contributed by atoms with Gasteiger partial charge in [0.1, 0.15) is 0 Å². The van der Waals surface area contributed by atoms with Gasteiger partial charge in [0.15, 0.2) is 5.69 Å². The van der Waals surface area contributed by atoms with Crippen molar-refractivity contribution < 1.29 is 0 Å². The maximum absolute atomic E-state index is 9.91.